The Labute approximate surface area is 269 Å². The van der Waals surface area contributed by atoms with E-state index in [1.54, 1.807) is 18.2 Å². The quantitative estimate of drug-likeness (QED) is 0.422. The topological polar surface area (TPSA) is 123 Å². The zero-order valence-electron chi connectivity index (χ0n) is 25.8. The number of alkyl carbamates (subject to hydrolysis) is 1. The average Bonchev–Trinajstić information content (AvgIpc) is 3.13. The third kappa shape index (κ3) is 6.26. The summed E-state index contributed by atoms with van der Waals surface area (Å²) < 4.78 is 46.5. The minimum atomic E-state index is -4.22. The number of amides is 2. The van der Waals surface area contributed by atoms with Gasteiger partial charge in [0.25, 0.3) is 15.9 Å². The van der Waals surface area contributed by atoms with E-state index in [2.05, 4.69) is 21.0 Å². The Balaban J connectivity index is 1.44. The highest BCUT2D eigenvalue weighted by atomic mass is 35.5. The predicted octanol–water partition coefficient (Wildman–Crippen LogP) is 4.73. The van der Waals surface area contributed by atoms with Crippen LogP contribution in [0.1, 0.15) is 50.7 Å². The lowest BCUT2D eigenvalue weighted by Gasteiger charge is -2.46. The van der Waals surface area contributed by atoms with E-state index in [4.69, 9.17) is 25.8 Å². The second-order valence-corrected chi connectivity index (χ2v) is 15.2. The van der Waals surface area contributed by atoms with Crippen LogP contribution in [0.3, 0.4) is 0 Å². The van der Waals surface area contributed by atoms with Gasteiger partial charge in [-0.25, -0.2) is 17.9 Å². The molecule has 4 aliphatic rings. The number of fused-ring (bicyclic) bond motifs is 4. The number of nitrogens with one attached hydrogen (secondary N) is 2. The molecule has 1 spiro atoms. The number of nitrogens with zero attached hydrogens (tertiary/aromatic N) is 1. The molecule has 1 fully saturated rings. The lowest BCUT2D eigenvalue weighted by molar-refractivity contribution is -0.139. The van der Waals surface area contributed by atoms with Crippen molar-refractivity contribution in [2.45, 2.75) is 67.9 Å². The van der Waals surface area contributed by atoms with E-state index in [1.165, 1.54) is 38.2 Å². The van der Waals surface area contributed by atoms with E-state index in [9.17, 15) is 18.0 Å². The fraction of sp³-hybridized carbons (Fsp3) is 0.515. The van der Waals surface area contributed by atoms with Crippen molar-refractivity contribution in [1.82, 2.24) is 10.0 Å². The Morgan fingerprint density at radius 3 is 2.76 bits per heavy atom. The number of benzene rings is 2. The molecule has 0 radical (unpaired) electrons. The fourth-order valence-electron chi connectivity index (χ4n) is 7.16. The number of aryl methyl sites for hydroxylation is 1. The molecule has 242 valence electrons. The van der Waals surface area contributed by atoms with Crippen LogP contribution < -0.4 is 19.7 Å². The van der Waals surface area contributed by atoms with Gasteiger partial charge in [-0.1, -0.05) is 29.8 Å². The molecule has 0 saturated heterocycles. The molecule has 6 rings (SSSR count). The maximum Gasteiger partial charge on any atom is 0.407 e. The number of hydrogen-bond acceptors (Lipinski definition) is 8. The highest BCUT2D eigenvalue weighted by Gasteiger charge is 2.45. The predicted molar refractivity (Wildman–Crippen MR) is 170 cm³/mol. The zero-order valence-corrected chi connectivity index (χ0v) is 27.4. The molecule has 0 aromatic heterocycles. The lowest BCUT2D eigenvalue weighted by atomic mass is 9.68. The molecular weight excluding hydrogens is 618 g/mol. The van der Waals surface area contributed by atoms with Crippen LogP contribution in [-0.4, -0.2) is 65.5 Å². The molecule has 0 unspecified atom stereocenters. The number of anilines is 1. The van der Waals surface area contributed by atoms with Crippen LogP contribution in [0.2, 0.25) is 5.02 Å². The second kappa shape index (κ2) is 12.1. The van der Waals surface area contributed by atoms with Crippen LogP contribution in [0.4, 0.5) is 10.5 Å². The van der Waals surface area contributed by atoms with Gasteiger partial charge < -0.3 is 24.4 Å². The van der Waals surface area contributed by atoms with E-state index in [0.717, 1.165) is 32.1 Å². The van der Waals surface area contributed by atoms with Crippen molar-refractivity contribution >= 4 is 39.3 Å². The minimum Gasteiger partial charge on any atom is -0.490 e. The summed E-state index contributed by atoms with van der Waals surface area (Å²) in [5.41, 5.74) is 1.30. The number of hydrogen-bond donors (Lipinski definition) is 2. The number of rotatable bonds is 1. The van der Waals surface area contributed by atoms with Gasteiger partial charge in [-0.3, -0.25) is 4.79 Å². The number of sulfonamides is 1. The second-order valence-electron chi connectivity index (χ2n) is 13.1. The van der Waals surface area contributed by atoms with Crippen LogP contribution in [0.25, 0.3) is 0 Å². The van der Waals surface area contributed by atoms with E-state index >= 15 is 0 Å². The highest BCUT2D eigenvalue weighted by Crippen LogP contribution is 2.47. The smallest absolute Gasteiger partial charge is 0.407 e. The molecule has 2 aliphatic carbocycles. The number of ether oxygens (including phenoxy) is 3. The summed E-state index contributed by atoms with van der Waals surface area (Å²) in [5, 5.41) is 3.68. The number of methoxy groups -OCH3 is 1. The molecule has 10 nitrogen and oxygen atoms in total. The molecule has 45 heavy (non-hydrogen) atoms. The molecule has 2 aromatic rings. The van der Waals surface area contributed by atoms with Crippen LogP contribution in [0.15, 0.2) is 53.4 Å². The Kier molecular flexibility index (Phi) is 8.56. The molecular formula is C33H40ClN3O7S. The first-order valence-corrected chi connectivity index (χ1v) is 17.3. The van der Waals surface area contributed by atoms with E-state index in [1.807, 2.05) is 18.2 Å². The Morgan fingerprint density at radius 1 is 1.18 bits per heavy atom. The molecule has 12 heteroatoms. The van der Waals surface area contributed by atoms with Crippen molar-refractivity contribution in [2.75, 3.05) is 38.3 Å². The third-order valence-electron chi connectivity index (χ3n) is 9.84. The summed E-state index contributed by atoms with van der Waals surface area (Å²) in [7, 11) is -2.88. The molecule has 4 atom stereocenters. The van der Waals surface area contributed by atoms with Crippen LogP contribution in [-0.2, 0) is 36.1 Å². The van der Waals surface area contributed by atoms with Gasteiger partial charge in [-0.2, -0.15) is 0 Å². The normalized spacial score (nSPS) is 29.5. The summed E-state index contributed by atoms with van der Waals surface area (Å²) >= 11 is 6.40. The lowest BCUT2D eigenvalue weighted by Crippen LogP contribution is -2.52. The summed E-state index contributed by atoms with van der Waals surface area (Å²) in [6, 6.07) is 10.5. The van der Waals surface area contributed by atoms with Crippen molar-refractivity contribution in [3.63, 3.8) is 0 Å². The molecule has 2 heterocycles. The van der Waals surface area contributed by atoms with Crippen molar-refractivity contribution in [3.8, 4) is 5.75 Å². The molecule has 2 amide bonds. The summed E-state index contributed by atoms with van der Waals surface area (Å²) in [6.07, 6.45) is 7.78. The highest BCUT2D eigenvalue weighted by molar-refractivity contribution is 7.90. The van der Waals surface area contributed by atoms with E-state index in [-0.39, 0.29) is 34.8 Å². The van der Waals surface area contributed by atoms with E-state index < -0.39 is 27.6 Å². The maximum atomic E-state index is 13.5. The zero-order chi connectivity index (χ0) is 32.0. The summed E-state index contributed by atoms with van der Waals surface area (Å²) in [6.45, 7) is 4.75. The van der Waals surface area contributed by atoms with Crippen molar-refractivity contribution < 1.29 is 32.2 Å². The molecule has 1 saturated carbocycles. The minimum absolute atomic E-state index is 0.0341. The molecule has 2 aliphatic heterocycles. The maximum absolute atomic E-state index is 13.5. The van der Waals surface area contributed by atoms with Crippen LogP contribution in [0, 0.1) is 11.8 Å². The average molecular weight is 658 g/mol. The molecule has 2 N–H and O–H groups in total. The Bertz CT molecular complexity index is 1630. The largest absolute Gasteiger partial charge is 0.490 e. The first-order valence-electron chi connectivity index (χ1n) is 15.4. The molecule has 2 aromatic carbocycles. The molecule has 2 bridgehead atoms. The Hall–Kier alpha value is -3.28. The number of carbonyl (C=O) groups is 2. The summed E-state index contributed by atoms with van der Waals surface area (Å²) in [4.78, 5) is 27.7. The first kappa shape index (κ1) is 31.7. The van der Waals surface area contributed by atoms with E-state index in [0.29, 0.717) is 36.2 Å². The first-order chi connectivity index (χ1) is 21.4. The van der Waals surface area contributed by atoms with Crippen molar-refractivity contribution in [3.05, 3.63) is 64.7 Å². The number of carbonyl (C=O) groups excluding carboxylic acids is 2. The van der Waals surface area contributed by atoms with Crippen LogP contribution >= 0.6 is 11.6 Å². The van der Waals surface area contributed by atoms with Gasteiger partial charge in [0.05, 0.1) is 36.9 Å². The summed E-state index contributed by atoms with van der Waals surface area (Å²) in [5.74, 6) is 0.101. The van der Waals surface area contributed by atoms with Crippen LogP contribution in [0.5, 0.6) is 5.75 Å². The SMILES string of the molecule is COC(=O)N[C@H]1/C=C/COC(C)(C)C(=O)NS(=O)(=O)c2ccc3c(c2)N(C[C@@H]2CC[C@H]21)C[C@@]1(CCCc2cc(Cl)ccc21)CO3. The standard InChI is InChI=1S/C33H40ClN3O7S/c1-32(2)30(38)36-45(40,41)24-10-13-29-28(17-24)37(18-22-8-11-25(22)27(7-5-15-44-32)35-31(39)42-3)19-33(20-43-29)14-4-6-21-16-23(34)9-12-26(21)33/h5,7,9-10,12-13,16-17,22,25,27H,4,6,8,11,14-15,18-20H2,1-3H3,(H,35,39)(H,36,38)/b7-5+/t22-,25+,27-,33-/m0/s1. The van der Waals surface area contributed by atoms with Gasteiger partial charge in [0, 0.05) is 23.5 Å². The van der Waals surface area contributed by atoms with Gasteiger partial charge in [0.1, 0.15) is 11.4 Å². The monoisotopic (exact) mass is 657 g/mol. The Morgan fingerprint density at radius 2 is 2.00 bits per heavy atom. The number of halogens is 1. The van der Waals surface area contributed by atoms with Gasteiger partial charge in [-0.05, 0) is 99.2 Å². The van der Waals surface area contributed by atoms with Crippen molar-refractivity contribution in [2.24, 2.45) is 11.8 Å². The van der Waals surface area contributed by atoms with Gasteiger partial charge in [0.15, 0.2) is 0 Å². The fourth-order valence-corrected chi connectivity index (χ4v) is 8.48. The van der Waals surface area contributed by atoms with Crippen molar-refractivity contribution in [1.29, 1.82) is 0 Å². The van der Waals surface area contributed by atoms with Gasteiger partial charge >= 0.3 is 6.09 Å². The third-order valence-corrected chi connectivity index (χ3v) is 11.4. The van der Waals surface area contributed by atoms with Gasteiger partial charge in [0.2, 0.25) is 0 Å². The van der Waals surface area contributed by atoms with Gasteiger partial charge in [-0.15, -0.1) is 0 Å².